The van der Waals surface area contributed by atoms with Crippen LogP contribution in [0.15, 0.2) is 36.7 Å². The van der Waals surface area contributed by atoms with E-state index in [-0.39, 0.29) is 0 Å². The molecular weight excluding hydrogens is 250 g/mol. The molecule has 0 fully saturated rings. The number of hydrogen-bond acceptors (Lipinski definition) is 3. The van der Waals surface area contributed by atoms with Gasteiger partial charge in [0.05, 0.1) is 12.8 Å². The topological polar surface area (TPSA) is 39.1 Å². The van der Waals surface area contributed by atoms with Crippen molar-refractivity contribution in [2.45, 2.75) is 32.9 Å². The predicted molar refractivity (Wildman–Crippen MR) is 80.8 cm³/mol. The molecule has 0 radical (unpaired) electrons. The number of benzene rings is 1. The molecule has 0 atom stereocenters. The van der Waals surface area contributed by atoms with Crippen LogP contribution in [0.2, 0.25) is 0 Å². The number of rotatable bonds is 7. The predicted octanol–water partition coefficient (Wildman–Crippen LogP) is 2.54. The fourth-order valence-corrected chi connectivity index (χ4v) is 1.95. The highest BCUT2D eigenvalue weighted by molar-refractivity contribution is 5.28. The zero-order valence-corrected chi connectivity index (χ0v) is 12.5. The van der Waals surface area contributed by atoms with Crippen LogP contribution in [0.5, 0.6) is 5.75 Å². The van der Waals surface area contributed by atoms with Gasteiger partial charge in [0.25, 0.3) is 0 Å². The molecule has 20 heavy (non-hydrogen) atoms. The van der Waals surface area contributed by atoms with E-state index < -0.39 is 0 Å². The zero-order valence-electron chi connectivity index (χ0n) is 12.5. The van der Waals surface area contributed by atoms with Crippen LogP contribution in [-0.4, -0.2) is 22.4 Å². The van der Waals surface area contributed by atoms with E-state index in [1.165, 1.54) is 11.1 Å². The van der Waals surface area contributed by atoms with E-state index in [1.54, 1.807) is 0 Å². The molecule has 1 aromatic carbocycles. The highest BCUT2D eigenvalue weighted by Gasteiger charge is 2.00. The van der Waals surface area contributed by atoms with Gasteiger partial charge in [0, 0.05) is 32.3 Å². The summed E-state index contributed by atoms with van der Waals surface area (Å²) in [4.78, 5) is 0. The first kappa shape index (κ1) is 14.6. The molecule has 0 aliphatic rings. The van der Waals surface area contributed by atoms with Gasteiger partial charge >= 0.3 is 0 Å². The largest absolute Gasteiger partial charge is 0.493 e. The van der Waals surface area contributed by atoms with Crippen LogP contribution in [-0.2, 0) is 20.0 Å². The minimum absolute atomic E-state index is 0.491. The molecule has 2 aromatic rings. The van der Waals surface area contributed by atoms with Crippen molar-refractivity contribution in [1.29, 1.82) is 0 Å². The Kier molecular flexibility index (Phi) is 5.18. The average Bonchev–Trinajstić information content (AvgIpc) is 2.83. The van der Waals surface area contributed by atoms with E-state index in [9.17, 15) is 0 Å². The van der Waals surface area contributed by atoms with Crippen molar-refractivity contribution >= 4 is 0 Å². The van der Waals surface area contributed by atoms with Gasteiger partial charge in [-0.15, -0.1) is 0 Å². The van der Waals surface area contributed by atoms with Crippen molar-refractivity contribution in [3.63, 3.8) is 0 Å². The Labute approximate surface area is 120 Å². The number of ether oxygens (including phenoxy) is 1. The second-order valence-corrected chi connectivity index (χ2v) is 5.30. The van der Waals surface area contributed by atoms with Crippen LogP contribution in [0.3, 0.4) is 0 Å². The van der Waals surface area contributed by atoms with Crippen molar-refractivity contribution in [3.05, 3.63) is 47.8 Å². The third-order valence-electron chi connectivity index (χ3n) is 3.03. The summed E-state index contributed by atoms with van der Waals surface area (Å²) >= 11 is 0. The van der Waals surface area contributed by atoms with Gasteiger partial charge in [0.15, 0.2) is 0 Å². The molecule has 0 saturated heterocycles. The Morgan fingerprint density at radius 1 is 1.30 bits per heavy atom. The number of aryl methyl sites for hydroxylation is 1. The highest BCUT2D eigenvalue weighted by Crippen LogP contribution is 2.14. The van der Waals surface area contributed by atoms with Crippen molar-refractivity contribution in [1.82, 2.24) is 15.1 Å². The van der Waals surface area contributed by atoms with E-state index in [2.05, 4.69) is 36.4 Å². The van der Waals surface area contributed by atoms with Gasteiger partial charge in [-0.1, -0.05) is 26.0 Å². The molecule has 108 valence electrons. The zero-order chi connectivity index (χ0) is 14.4. The Hall–Kier alpha value is -1.81. The Morgan fingerprint density at radius 3 is 2.85 bits per heavy atom. The van der Waals surface area contributed by atoms with Crippen LogP contribution in [0, 0.1) is 0 Å². The molecule has 0 aliphatic heterocycles. The van der Waals surface area contributed by atoms with E-state index >= 15 is 0 Å². The first-order valence-electron chi connectivity index (χ1n) is 7.06. The van der Waals surface area contributed by atoms with Gasteiger partial charge in [0.2, 0.25) is 0 Å². The molecule has 1 N–H and O–H groups in total. The molecule has 1 aromatic heterocycles. The molecule has 0 saturated carbocycles. The molecule has 2 rings (SSSR count). The smallest absolute Gasteiger partial charge is 0.119 e. The van der Waals surface area contributed by atoms with Crippen molar-refractivity contribution < 1.29 is 4.74 Å². The second-order valence-electron chi connectivity index (χ2n) is 5.30. The second kappa shape index (κ2) is 7.10. The fourth-order valence-electron chi connectivity index (χ4n) is 1.95. The van der Waals surface area contributed by atoms with E-state index in [1.807, 2.05) is 36.3 Å². The van der Waals surface area contributed by atoms with Gasteiger partial charge in [-0.2, -0.15) is 5.10 Å². The summed E-state index contributed by atoms with van der Waals surface area (Å²) in [7, 11) is 1.93. The lowest BCUT2D eigenvalue weighted by Crippen LogP contribution is -2.21. The Bertz CT molecular complexity index is 534. The minimum Gasteiger partial charge on any atom is -0.493 e. The van der Waals surface area contributed by atoms with Crippen LogP contribution >= 0.6 is 0 Å². The summed E-state index contributed by atoms with van der Waals surface area (Å²) in [6.07, 6.45) is 4.78. The molecule has 1 heterocycles. The normalized spacial score (nSPS) is 11.0. The third kappa shape index (κ3) is 4.70. The molecule has 0 aliphatic carbocycles. The fraction of sp³-hybridized carbons (Fsp3) is 0.438. The maximum absolute atomic E-state index is 5.80. The quantitative estimate of drug-likeness (QED) is 0.842. The summed E-state index contributed by atoms with van der Waals surface area (Å²) in [5, 5.41) is 7.56. The van der Waals surface area contributed by atoms with E-state index in [0.29, 0.717) is 12.6 Å². The lowest BCUT2D eigenvalue weighted by Gasteiger charge is -2.10. The van der Waals surface area contributed by atoms with Crippen LogP contribution in [0.1, 0.15) is 25.0 Å². The van der Waals surface area contributed by atoms with Crippen LogP contribution in [0.25, 0.3) is 0 Å². The molecule has 0 unspecified atom stereocenters. The molecule has 0 spiro atoms. The van der Waals surface area contributed by atoms with E-state index in [0.717, 1.165) is 18.7 Å². The van der Waals surface area contributed by atoms with Gasteiger partial charge in [0.1, 0.15) is 5.75 Å². The monoisotopic (exact) mass is 273 g/mol. The molecule has 0 bridgehead atoms. The number of nitrogens with one attached hydrogen (secondary N) is 1. The van der Waals surface area contributed by atoms with Gasteiger partial charge in [-0.05, 0) is 23.3 Å². The first-order valence-corrected chi connectivity index (χ1v) is 7.06. The third-order valence-corrected chi connectivity index (χ3v) is 3.03. The number of aromatic nitrogens is 2. The van der Waals surface area contributed by atoms with Crippen LogP contribution < -0.4 is 10.1 Å². The average molecular weight is 273 g/mol. The maximum Gasteiger partial charge on any atom is 0.119 e. The number of hydrogen-bond donors (Lipinski definition) is 1. The molecule has 0 amide bonds. The summed E-state index contributed by atoms with van der Waals surface area (Å²) in [6, 6.07) is 8.74. The lowest BCUT2D eigenvalue weighted by molar-refractivity contribution is 0.321. The number of nitrogens with zero attached hydrogens (tertiary/aromatic N) is 2. The van der Waals surface area contributed by atoms with Crippen molar-refractivity contribution in [2.24, 2.45) is 7.05 Å². The Balaban J connectivity index is 1.81. The summed E-state index contributed by atoms with van der Waals surface area (Å²) < 4.78 is 7.61. The SMILES string of the molecule is CC(C)NCc1cccc(OCCc2cnn(C)c2)c1. The van der Waals surface area contributed by atoms with Gasteiger partial charge in [-0.3, -0.25) is 4.68 Å². The maximum atomic E-state index is 5.80. The summed E-state index contributed by atoms with van der Waals surface area (Å²) in [5.41, 5.74) is 2.45. The van der Waals surface area contributed by atoms with Gasteiger partial charge < -0.3 is 10.1 Å². The summed E-state index contributed by atoms with van der Waals surface area (Å²) in [6.45, 7) is 5.84. The standard InChI is InChI=1S/C16H23N3O/c1-13(2)17-10-14-5-4-6-16(9-14)20-8-7-15-11-18-19(3)12-15/h4-6,9,11-13,17H,7-8,10H2,1-3H3. The van der Waals surface area contributed by atoms with Gasteiger partial charge in [-0.25, -0.2) is 0 Å². The van der Waals surface area contributed by atoms with Crippen molar-refractivity contribution in [3.8, 4) is 5.75 Å². The molecule has 4 heteroatoms. The van der Waals surface area contributed by atoms with E-state index in [4.69, 9.17) is 4.74 Å². The molecular formula is C16H23N3O. The Morgan fingerprint density at radius 2 is 2.15 bits per heavy atom. The summed E-state index contributed by atoms with van der Waals surface area (Å²) in [5.74, 6) is 0.928. The van der Waals surface area contributed by atoms with Crippen LogP contribution in [0.4, 0.5) is 0 Å². The molecule has 4 nitrogen and oxygen atoms in total. The first-order chi connectivity index (χ1) is 9.63. The minimum atomic E-state index is 0.491. The van der Waals surface area contributed by atoms with Crippen molar-refractivity contribution in [2.75, 3.05) is 6.61 Å². The highest BCUT2D eigenvalue weighted by atomic mass is 16.5. The lowest BCUT2D eigenvalue weighted by atomic mass is 10.2.